The highest BCUT2D eigenvalue weighted by molar-refractivity contribution is 5.81. The van der Waals surface area contributed by atoms with E-state index in [1.165, 1.54) is 32.8 Å². The highest BCUT2D eigenvalue weighted by Crippen LogP contribution is 2.59. The van der Waals surface area contributed by atoms with Crippen molar-refractivity contribution in [2.75, 3.05) is 7.11 Å². The first-order chi connectivity index (χ1) is 13.2. The molecule has 0 spiro atoms. The third kappa shape index (κ3) is 3.98. The van der Waals surface area contributed by atoms with Crippen LogP contribution in [0.2, 0.25) is 0 Å². The SMILES string of the molecule is CCC(C)(C)C(C)CC(C(=O)OC)C(C)C(=O)OC1CC2CC1C1CCCC21. The molecule has 4 heteroatoms. The van der Waals surface area contributed by atoms with Gasteiger partial charge in [-0.1, -0.05) is 47.5 Å². The van der Waals surface area contributed by atoms with E-state index in [4.69, 9.17) is 9.47 Å². The topological polar surface area (TPSA) is 52.6 Å². The fourth-order valence-corrected chi connectivity index (χ4v) is 6.27. The lowest BCUT2D eigenvalue weighted by molar-refractivity contribution is -0.166. The minimum atomic E-state index is -0.457. The third-order valence-corrected chi connectivity index (χ3v) is 8.97. The summed E-state index contributed by atoms with van der Waals surface area (Å²) in [6.07, 6.45) is 8.06. The zero-order valence-corrected chi connectivity index (χ0v) is 18.7. The van der Waals surface area contributed by atoms with Gasteiger partial charge in [0.2, 0.25) is 0 Å². The van der Waals surface area contributed by atoms with E-state index < -0.39 is 11.8 Å². The van der Waals surface area contributed by atoms with Crippen LogP contribution in [0, 0.1) is 46.8 Å². The molecular formula is C24H40O4. The summed E-state index contributed by atoms with van der Waals surface area (Å²) in [7, 11) is 1.42. The van der Waals surface area contributed by atoms with E-state index in [0.29, 0.717) is 18.3 Å². The van der Waals surface area contributed by atoms with Crippen molar-refractivity contribution in [1.29, 1.82) is 0 Å². The molecule has 3 aliphatic rings. The molecule has 3 fully saturated rings. The van der Waals surface area contributed by atoms with Gasteiger partial charge in [0.15, 0.2) is 0 Å². The number of carbonyl (C=O) groups excluding carboxylic acids is 2. The minimum absolute atomic E-state index is 0.0714. The van der Waals surface area contributed by atoms with Gasteiger partial charge in [0.25, 0.3) is 0 Å². The zero-order chi connectivity index (χ0) is 20.6. The van der Waals surface area contributed by atoms with Crippen LogP contribution in [-0.4, -0.2) is 25.2 Å². The minimum Gasteiger partial charge on any atom is -0.469 e. The number of fused-ring (bicyclic) bond motifs is 5. The van der Waals surface area contributed by atoms with Crippen molar-refractivity contribution >= 4 is 11.9 Å². The molecule has 0 aromatic carbocycles. The summed E-state index contributed by atoms with van der Waals surface area (Å²) in [6, 6.07) is 0. The molecule has 0 aliphatic heterocycles. The number of esters is 2. The lowest BCUT2D eigenvalue weighted by atomic mass is 9.72. The lowest BCUT2D eigenvalue weighted by Gasteiger charge is -2.35. The molecule has 2 bridgehead atoms. The van der Waals surface area contributed by atoms with Crippen LogP contribution in [0.15, 0.2) is 0 Å². The van der Waals surface area contributed by atoms with Gasteiger partial charge in [0, 0.05) is 0 Å². The lowest BCUT2D eigenvalue weighted by Crippen LogP contribution is -2.38. The Morgan fingerprint density at radius 1 is 1.04 bits per heavy atom. The normalized spacial score (nSPS) is 34.6. The quantitative estimate of drug-likeness (QED) is 0.530. The second-order valence-electron chi connectivity index (χ2n) is 10.5. The van der Waals surface area contributed by atoms with E-state index in [2.05, 4.69) is 27.7 Å². The smallest absolute Gasteiger partial charge is 0.309 e. The van der Waals surface area contributed by atoms with Crippen LogP contribution in [0.5, 0.6) is 0 Å². The summed E-state index contributed by atoms with van der Waals surface area (Å²) in [5, 5.41) is 0. The number of carbonyl (C=O) groups is 2. The maximum atomic E-state index is 13.0. The number of methoxy groups -OCH3 is 1. The Hall–Kier alpha value is -1.06. The molecule has 8 atom stereocenters. The maximum Gasteiger partial charge on any atom is 0.309 e. The van der Waals surface area contributed by atoms with E-state index in [9.17, 15) is 9.59 Å². The zero-order valence-electron chi connectivity index (χ0n) is 18.7. The van der Waals surface area contributed by atoms with Crippen LogP contribution in [0.3, 0.4) is 0 Å². The van der Waals surface area contributed by atoms with Gasteiger partial charge in [0.05, 0.1) is 18.9 Å². The summed E-state index contributed by atoms with van der Waals surface area (Å²) >= 11 is 0. The van der Waals surface area contributed by atoms with Gasteiger partial charge in [0.1, 0.15) is 6.10 Å². The van der Waals surface area contributed by atoms with Gasteiger partial charge in [-0.3, -0.25) is 9.59 Å². The molecule has 0 radical (unpaired) electrons. The van der Waals surface area contributed by atoms with E-state index in [1.807, 2.05) is 6.92 Å². The molecule has 3 rings (SSSR count). The summed E-state index contributed by atoms with van der Waals surface area (Å²) in [5.41, 5.74) is 0.123. The van der Waals surface area contributed by atoms with Crippen LogP contribution in [-0.2, 0) is 19.1 Å². The first-order valence-electron chi connectivity index (χ1n) is 11.5. The van der Waals surface area contributed by atoms with Crippen molar-refractivity contribution in [3.8, 4) is 0 Å². The monoisotopic (exact) mass is 392 g/mol. The molecule has 0 aromatic rings. The van der Waals surface area contributed by atoms with Crippen LogP contribution in [0.4, 0.5) is 0 Å². The largest absolute Gasteiger partial charge is 0.469 e. The molecule has 0 aromatic heterocycles. The molecule has 4 nitrogen and oxygen atoms in total. The van der Waals surface area contributed by atoms with Crippen molar-refractivity contribution in [1.82, 2.24) is 0 Å². The van der Waals surface area contributed by atoms with Crippen molar-refractivity contribution < 1.29 is 19.1 Å². The Morgan fingerprint density at radius 3 is 2.36 bits per heavy atom. The summed E-state index contributed by atoms with van der Waals surface area (Å²) < 4.78 is 11.1. The average Bonchev–Trinajstić information content (AvgIpc) is 3.37. The van der Waals surface area contributed by atoms with Crippen LogP contribution in [0.1, 0.15) is 79.6 Å². The highest BCUT2D eigenvalue weighted by atomic mass is 16.5. The fraction of sp³-hybridized carbons (Fsp3) is 0.917. The second-order valence-corrected chi connectivity index (χ2v) is 10.5. The molecule has 0 amide bonds. The maximum absolute atomic E-state index is 13.0. The molecule has 8 unspecified atom stereocenters. The van der Waals surface area contributed by atoms with Crippen LogP contribution >= 0.6 is 0 Å². The first kappa shape index (κ1) is 21.6. The van der Waals surface area contributed by atoms with Gasteiger partial charge >= 0.3 is 11.9 Å². The highest BCUT2D eigenvalue weighted by Gasteiger charge is 2.55. The molecule has 3 aliphatic carbocycles. The third-order valence-electron chi connectivity index (χ3n) is 8.97. The number of hydrogen-bond acceptors (Lipinski definition) is 4. The fourth-order valence-electron chi connectivity index (χ4n) is 6.27. The number of hydrogen-bond donors (Lipinski definition) is 0. The standard InChI is InChI=1S/C24H40O4/c1-7-24(4,5)14(2)11-19(23(26)27-6)15(3)22(25)28-21-13-16-12-20(21)18-10-8-9-17(16)18/h14-21H,7-13H2,1-6H3. The number of rotatable bonds is 8. The Balaban J connectivity index is 1.63. The molecular weight excluding hydrogens is 352 g/mol. The van der Waals surface area contributed by atoms with E-state index in [0.717, 1.165) is 30.6 Å². The summed E-state index contributed by atoms with van der Waals surface area (Å²) in [5.74, 6) is 1.91. The first-order valence-corrected chi connectivity index (χ1v) is 11.5. The van der Waals surface area contributed by atoms with Crippen molar-refractivity contribution in [3.63, 3.8) is 0 Å². The predicted octanol–water partition coefficient (Wildman–Crippen LogP) is 5.24. The predicted molar refractivity (Wildman–Crippen MR) is 109 cm³/mol. The Bertz CT molecular complexity index is 583. The molecule has 0 N–H and O–H groups in total. The average molecular weight is 393 g/mol. The Labute approximate surface area is 171 Å². The Kier molecular flexibility index (Phi) is 6.46. The number of ether oxygens (including phenoxy) is 2. The van der Waals surface area contributed by atoms with E-state index in [1.54, 1.807) is 0 Å². The molecule has 3 saturated carbocycles. The van der Waals surface area contributed by atoms with Crippen LogP contribution < -0.4 is 0 Å². The van der Waals surface area contributed by atoms with E-state index in [-0.39, 0.29) is 23.5 Å². The summed E-state index contributed by atoms with van der Waals surface area (Å²) in [6.45, 7) is 10.6. The molecule has 0 saturated heterocycles. The van der Waals surface area contributed by atoms with Crippen molar-refractivity contribution in [2.24, 2.45) is 46.8 Å². The van der Waals surface area contributed by atoms with Gasteiger partial charge in [-0.05, 0) is 67.1 Å². The van der Waals surface area contributed by atoms with Gasteiger partial charge < -0.3 is 9.47 Å². The second kappa shape index (κ2) is 8.36. The summed E-state index contributed by atoms with van der Waals surface area (Å²) in [4.78, 5) is 25.5. The Morgan fingerprint density at radius 2 is 1.71 bits per heavy atom. The van der Waals surface area contributed by atoms with Gasteiger partial charge in [-0.15, -0.1) is 0 Å². The molecule has 28 heavy (non-hydrogen) atoms. The van der Waals surface area contributed by atoms with E-state index >= 15 is 0 Å². The van der Waals surface area contributed by atoms with Crippen LogP contribution in [0.25, 0.3) is 0 Å². The van der Waals surface area contributed by atoms with Gasteiger partial charge in [-0.25, -0.2) is 0 Å². The van der Waals surface area contributed by atoms with Crippen molar-refractivity contribution in [3.05, 3.63) is 0 Å². The molecule has 160 valence electrons. The molecule has 0 heterocycles. The van der Waals surface area contributed by atoms with Crippen molar-refractivity contribution in [2.45, 2.75) is 85.7 Å². The van der Waals surface area contributed by atoms with Gasteiger partial charge in [-0.2, -0.15) is 0 Å².